The number of hydrogen-bond donors (Lipinski definition) is 0. The standard InChI is InChI=1S/C19H24N2O/c1-15-17(11-12-19(20-15)22-2)18-10-6-7-13-21(18)14-16-8-4-3-5-9-16/h3-5,8-9,11-12,18H,6-7,10,13-14H2,1-2H3/t18-/m0/s1. The summed E-state index contributed by atoms with van der Waals surface area (Å²) in [6.07, 6.45) is 3.79. The van der Waals surface area contributed by atoms with Crippen molar-refractivity contribution in [1.82, 2.24) is 9.88 Å². The maximum absolute atomic E-state index is 5.24. The number of hydrogen-bond acceptors (Lipinski definition) is 3. The third-order valence-corrected chi connectivity index (χ3v) is 4.51. The monoisotopic (exact) mass is 296 g/mol. The summed E-state index contributed by atoms with van der Waals surface area (Å²) in [5.74, 6) is 0.701. The highest BCUT2D eigenvalue weighted by Crippen LogP contribution is 2.34. The van der Waals surface area contributed by atoms with Crippen LogP contribution in [0.1, 0.15) is 42.1 Å². The van der Waals surface area contributed by atoms with E-state index in [1.807, 2.05) is 6.07 Å². The molecule has 0 saturated carbocycles. The Morgan fingerprint density at radius 3 is 2.68 bits per heavy atom. The Balaban J connectivity index is 1.83. The van der Waals surface area contributed by atoms with Gasteiger partial charge in [-0.15, -0.1) is 0 Å². The third-order valence-electron chi connectivity index (χ3n) is 4.51. The van der Waals surface area contributed by atoms with Gasteiger partial charge in [-0.1, -0.05) is 42.8 Å². The Kier molecular flexibility index (Phi) is 4.74. The normalized spacial score (nSPS) is 19.1. The Hall–Kier alpha value is -1.87. The number of aryl methyl sites for hydroxylation is 1. The Bertz CT molecular complexity index is 612. The lowest BCUT2D eigenvalue weighted by atomic mass is 9.94. The van der Waals surface area contributed by atoms with Gasteiger partial charge in [0.05, 0.1) is 7.11 Å². The van der Waals surface area contributed by atoms with Gasteiger partial charge in [0.1, 0.15) is 0 Å². The molecular weight excluding hydrogens is 272 g/mol. The number of nitrogens with zero attached hydrogens (tertiary/aromatic N) is 2. The fraction of sp³-hybridized carbons (Fsp3) is 0.421. The first-order valence-corrected chi connectivity index (χ1v) is 8.07. The quantitative estimate of drug-likeness (QED) is 0.848. The molecule has 0 aliphatic carbocycles. The molecule has 0 unspecified atom stereocenters. The van der Waals surface area contributed by atoms with Gasteiger partial charge in [-0.25, -0.2) is 4.98 Å². The van der Waals surface area contributed by atoms with E-state index in [-0.39, 0.29) is 0 Å². The van der Waals surface area contributed by atoms with Gasteiger partial charge in [-0.2, -0.15) is 0 Å². The molecule has 1 aliphatic heterocycles. The maximum Gasteiger partial charge on any atom is 0.213 e. The smallest absolute Gasteiger partial charge is 0.213 e. The summed E-state index contributed by atoms with van der Waals surface area (Å²) >= 11 is 0. The molecule has 0 bridgehead atoms. The molecule has 1 fully saturated rings. The second-order valence-electron chi connectivity index (χ2n) is 6.00. The maximum atomic E-state index is 5.24. The van der Waals surface area contributed by atoms with Crippen LogP contribution in [0.2, 0.25) is 0 Å². The van der Waals surface area contributed by atoms with Crippen LogP contribution < -0.4 is 4.74 Å². The lowest BCUT2D eigenvalue weighted by Crippen LogP contribution is -2.33. The Morgan fingerprint density at radius 2 is 1.95 bits per heavy atom. The van der Waals surface area contributed by atoms with Crippen molar-refractivity contribution in [1.29, 1.82) is 0 Å². The number of likely N-dealkylation sites (tertiary alicyclic amines) is 1. The van der Waals surface area contributed by atoms with Crippen molar-refractivity contribution < 1.29 is 4.74 Å². The summed E-state index contributed by atoms with van der Waals surface area (Å²) in [6.45, 7) is 4.26. The molecule has 1 atom stereocenters. The van der Waals surface area contributed by atoms with Crippen LogP contribution in [0.5, 0.6) is 5.88 Å². The summed E-state index contributed by atoms with van der Waals surface area (Å²) in [5.41, 5.74) is 3.81. The molecule has 2 aromatic rings. The molecule has 0 amide bonds. The van der Waals surface area contributed by atoms with Crippen LogP contribution in [-0.4, -0.2) is 23.5 Å². The van der Waals surface area contributed by atoms with E-state index in [4.69, 9.17) is 4.74 Å². The highest BCUT2D eigenvalue weighted by atomic mass is 16.5. The highest BCUT2D eigenvalue weighted by Gasteiger charge is 2.25. The van der Waals surface area contributed by atoms with Gasteiger partial charge in [-0.05, 0) is 37.4 Å². The average molecular weight is 296 g/mol. The number of piperidine rings is 1. The summed E-state index contributed by atoms with van der Waals surface area (Å²) in [6, 6.07) is 15.4. The van der Waals surface area contributed by atoms with Gasteiger partial charge >= 0.3 is 0 Å². The van der Waals surface area contributed by atoms with Crippen LogP contribution >= 0.6 is 0 Å². The van der Waals surface area contributed by atoms with Crippen LogP contribution in [0.25, 0.3) is 0 Å². The number of methoxy groups -OCH3 is 1. The van der Waals surface area contributed by atoms with Crippen LogP contribution in [0, 0.1) is 6.92 Å². The minimum Gasteiger partial charge on any atom is -0.481 e. The average Bonchev–Trinajstić information content (AvgIpc) is 2.56. The zero-order chi connectivity index (χ0) is 15.4. The minimum absolute atomic E-state index is 0.465. The molecule has 22 heavy (non-hydrogen) atoms. The minimum atomic E-state index is 0.465. The van der Waals surface area contributed by atoms with E-state index >= 15 is 0 Å². The predicted molar refractivity (Wildman–Crippen MR) is 89.0 cm³/mol. The van der Waals surface area contributed by atoms with Gasteiger partial charge in [0.2, 0.25) is 5.88 Å². The molecular formula is C19H24N2O. The van der Waals surface area contributed by atoms with Crippen LogP contribution in [0.3, 0.4) is 0 Å². The number of aromatic nitrogens is 1. The summed E-state index contributed by atoms with van der Waals surface area (Å²) in [4.78, 5) is 7.15. The molecule has 0 N–H and O–H groups in total. The van der Waals surface area contributed by atoms with Crippen LogP contribution in [0.15, 0.2) is 42.5 Å². The van der Waals surface area contributed by atoms with E-state index in [2.05, 4.69) is 53.2 Å². The summed E-state index contributed by atoms with van der Waals surface area (Å²) in [5, 5.41) is 0. The van der Waals surface area contributed by atoms with Crippen molar-refractivity contribution in [2.45, 2.75) is 38.8 Å². The summed E-state index contributed by atoms with van der Waals surface area (Å²) in [7, 11) is 1.67. The number of ether oxygens (including phenoxy) is 1. The lowest BCUT2D eigenvalue weighted by Gasteiger charge is -2.36. The third kappa shape index (κ3) is 3.30. The molecule has 1 aromatic heterocycles. The molecule has 3 heteroatoms. The molecule has 1 aliphatic rings. The van der Waals surface area contributed by atoms with Crippen molar-refractivity contribution in [3.8, 4) is 5.88 Å². The van der Waals surface area contributed by atoms with Gasteiger partial charge < -0.3 is 4.74 Å². The Morgan fingerprint density at radius 1 is 1.14 bits per heavy atom. The number of benzene rings is 1. The summed E-state index contributed by atoms with van der Waals surface area (Å²) < 4.78 is 5.24. The number of rotatable bonds is 4. The van der Waals surface area contributed by atoms with Crippen molar-refractivity contribution >= 4 is 0 Å². The second-order valence-corrected chi connectivity index (χ2v) is 6.00. The van der Waals surface area contributed by atoms with E-state index in [0.717, 1.165) is 18.8 Å². The van der Waals surface area contributed by atoms with Crippen LogP contribution in [-0.2, 0) is 6.54 Å². The number of pyridine rings is 1. The second kappa shape index (κ2) is 6.93. The van der Waals surface area contributed by atoms with E-state index in [0.29, 0.717) is 11.9 Å². The largest absolute Gasteiger partial charge is 0.481 e. The molecule has 3 rings (SSSR count). The lowest BCUT2D eigenvalue weighted by molar-refractivity contribution is 0.139. The fourth-order valence-electron chi connectivity index (χ4n) is 3.37. The predicted octanol–water partition coefficient (Wildman–Crippen LogP) is 4.13. The first-order chi connectivity index (χ1) is 10.8. The molecule has 0 radical (unpaired) electrons. The van der Waals surface area contributed by atoms with Crippen molar-refractivity contribution in [2.24, 2.45) is 0 Å². The fourth-order valence-corrected chi connectivity index (χ4v) is 3.37. The van der Waals surface area contributed by atoms with Crippen molar-refractivity contribution in [3.05, 3.63) is 59.3 Å². The SMILES string of the molecule is COc1ccc([C@@H]2CCCCN2Cc2ccccc2)c(C)n1. The van der Waals surface area contributed by atoms with E-state index in [1.54, 1.807) is 7.11 Å². The van der Waals surface area contributed by atoms with Crippen molar-refractivity contribution in [2.75, 3.05) is 13.7 Å². The van der Waals surface area contributed by atoms with E-state index in [9.17, 15) is 0 Å². The first-order valence-electron chi connectivity index (χ1n) is 8.07. The highest BCUT2D eigenvalue weighted by molar-refractivity contribution is 5.28. The van der Waals surface area contributed by atoms with E-state index < -0.39 is 0 Å². The Labute approximate surface area is 132 Å². The first kappa shape index (κ1) is 15.0. The van der Waals surface area contributed by atoms with Gasteiger partial charge in [-0.3, -0.25) is 4.90 Å². The molecule has 2 heterocycles. The zero-order valence-corrected chi connectivity index (χ0v) is 13.5. The molecule has 116 valence electrons. The van der Waals surface area contributed by atoms with Crippen LogP contribution in [0.4, 0.5) is 0 Å². The zero-order valence-electron chi connectivity index (χ0n) is 13.5. The van der Waals surface area contributed by atoms with Gasteiger partial charge in [0.25, 0.3) is 0 Å². The molecule has 0 spiro atoms. The van der Waals surface area contributed by atoms with E-state index in [1.165, 1.54) is 30.4 Å². The molecule has 3 nitrogen and oxygen atoms in total. The van der Waals surface area contributed by atoms with Crippen molar-refractivity contribution in [3.63, 3.8) is 0 Å². The topological polar surface area (TPSA) is 25.4 Å². The van der Waals surface area contributed by atoms with Gasteiger partial charge in [0.15, 0.2) is 0 Å². The molecule has 1 saturated heterocycles. The molecule has 1 aromatic carbocycles. The van der Waals surface area contributed by atoms with Gasteiger partial charge in [0, 0.05) is 24.3 Å².